The highest BCUT2D eigenvalue weighted by molar-refractivity contribution is 5.67. The fourth-order valence-corrected chi connectivity index (χ4v) is 5.96. The second-order valence-corrected chi connectivity index (χ2v) is 18.5. The minimum atomic E-state index is -0.787. The number of carbonyl (C=O) groups is 2. The lowest BCUT2D eigenvalue weighted by Crippen LogP contribution is -2.46. The van der Waals surface area contributed by atoms with Crippen LogP contribution in [0.4, 0.5) is 0 Å². The molecule has 4 atom stereocenters. The highest BCUT2D eigenvalue weighted by Crippen LogP contribution is 2.52. The van der Waals surface area contributed by atoms with Gasteiger partial charge in [-0.2, -0.15) is 0 Å². The van der Waals surface area contributed by atoms with E-state index < -0.39 is 35.0 Å². The molecule has 10 heteroatoms. The number of hydrogen-bond donors (Lipinski definition) is 6. The van der Waals surface area contributed by atoms with E-state index in [0.717, 1.165) is 22.3 Å². The number of aliphatic hydroxyl groups is 4. The predicted octanol–water partition coefficient (Wildman–Crippen LogP) is 7.36. The molecule has 10 nitrogen and oxygen atoms in total. The first-order valence-corrected chi connectivity index (χ1v) is 18.5. The molecule has 2 aliphatic carbocycles. The van der Waals surface area contributed by atoms with Gasteiger partial charge >= 0.3 is 11.9 Å². The molecule has 0 amide bonds. The number of carboxylic acid groups (broad SMARTS) is 2. The largest absolute Gasteiger partial charge is 0.481 e. The van der Waals surface area contributed by atoms with E-state index in [9.17, 15) is 19.8 Å². The monoisotopic (exact) mass is 739 g/mol. The summed E-state index contributed by atoms with van der Waals surface area (Å²) in [5.41, 5.74) is 2.68. The lowest BCUT2D eigenvalue weighted by molar-refractivity contribution is -0.138. The summed E-state index contributed by atoms with van der Waals surface area (Å²) in [5.74, 6) is -1.57. The van der Waals surface area contributed by atoms with Gasteiger partial charge in [-0.05, 0) is 45.6 Å². The van der Waals surface area contributed by atoms with Crippen molar-refractivity contribution in [2.24, 2.45) is 32.5 Å². The molecule has 2 rings (SSSR count). The molecule has 0 aliphatic heterocycles. The Hall–Kier alpha value is -2.34. The van der Waals surface area contributed by atoms with Crippen molar-refractivity contribution in [1.29, 1.82) is 0 Å². The molecule has 0 aromatic rings. The first-order valence-electron chi connectivity index (χ1n) is 18.5. The van der Waals surface area contributed by atoms with E-state index in [0.29, 0.717) is 39.3 Å². The zero-order valence-electron chi connectivity index (χ0n) is 34.9. The van der Waals surface area contributed by atoms with Gasteiger partial charge in [0.15, 0.2) is 0 Å². The van der Waals surface area contributed by atoms with Crippen molar-refractivity contribution in [1.82, 2.24) is 0 Å². The molecule has 6 N–H and O–H groups in total. The van der Waals surface area contributed by atoms with Gasteiger partial charge in [-0.15, -0.1) is 0 Å². The molecular weight excluding hydrogens is 664 g/mol. The van der Waals surface area contributed by atoms with Gasteiger partial charge in [0.2, 0.25) is 0 Å². The number of hydrogen-bond acceptors (Lipinski definition) is 8. The highest BCUT2D eigenvalue weighted by Gasteiger charge is 2.48. The summed E-state index contributed by atoms with van der Waals surface area (Å²) in [6.45, 7) is 31.1. The Balaban J connectivity index is 0.000000800. The Kier molecular flexibility index (Phi) is 19.5. The number of aliphatic carboxylic acids is 2. The second kappa shape index (κ2) is 20.4. The van der Waals surface area contributed by atoms with Gasteiger partial charge in [-0.25, -0.2) is 0 Å². The van der Waals surface area contributed by atoms with E-state index in [4.69, 9.17) is 29.9 Å². The highest BCUT2D eigenvalue weighted by atomic mass is 16.5. The first kappa shape index (κ1) is 49.7. The zero-order valence-corrected chi connectivity index (χ0v) is 34.9. The third-order valence-electron chi connectivity index (χ3n) is 10.4. The quantitative estimate of drug-likeness (QED) is 0.105. The van der Waals surface area contributed by atoms with Crippen LogP contribution in [0.2, 0.25) is 0 Å². The minimum absolute atomic E-state index is 0.0417. The van der Waals surface area contributed by atoms with Crippen molar-refractivity contribution >= 4 is 11.9 Å². The second-order valence-electron chi connectivity index (χ2n) is 18.5. The van der Waals surface area contributed by atoms with Gasteiger partial charge in [0.25, 0.3) is 0 Å². The lowest BCUT2D eigenvalue weighted by Gasteiger charge is -2.49. The molecule has 0 bridgehead atoms. The topological polar surface area (TPSA) is 174 Å². The molecule has 0 saturated carbocycles. The van der Waals surface area contributed by atoms with Crippen LogP contribution in [-0.4, -0.2) is 94.4 Å². The van der Waals surface area contributed by atoms with Gasteiger partial charge in [-0.3, -0.25) is 9.59 Å². The number of carboxylic acids is 2. The lowest BCUT2D eigenvalue weighted by atomic mass is 9.58. The van der Waals surface area contributed by atoms with Crippen LogP contribution in [0.15, 0.2) is 46.6 Å². The molecule has 0 spiro atoms. The molecule has 4 unspecified atom stereocenters. The molecule has 52 heavy (non-hydrogen) atoms. The molecule has 0 aromatic carbocycles. The van der Waals surface area contributed by atoms with E-state index >= 15 is 0 Å². The van der Waals surface area contributed by atoms with Crippen LogP contribution >= 0.6 is 0 Å². The third kappa shape index (κ3) is 15.2. The Morgan fingerprint density at radius 1 is 0.596 bits per heavy atom. The SMILES string of the molecule is CC(C)(C)C1=CC(CCC(=O)O)=CC(C)(C(C)(C)C)C1O.CC(C)(C)C1=CC(CCC(=O)O)=CC(C)(C(C)(C)C)C1O.OCCOCCOCCO. The number of ether oxygens (including phenoxy) is 2. The Morgan fingerprint density at radius 3 is 1.10 bits per heavy atom. The normalized spacial score (nSPS) is 23.9. The Morgan fingerprint density at radius 2 is 0.885 bits per heavy atom. The summed E-state index contributed by atoms with van der Waals surface area (Å²) < 4.78 is 9.75. The van der Waals surface area contributed by atoms with Gasteiger partial charge in [-0.1, -0.05) is 132 Å². The Bertz CT molecular complexity index is 1170. The summed E-state index contributed by atoms with van der Waals surface area (Å²) in [4.78, 5) is 21.7. The van der Waals surface area contributed by atoms with Crippen LogP contribution in [-0.2, 0) is 19.1 Å². The van der Waals surface area contributed by atoms with Gasteiger partial charge in [0, 0.05) is 23.7 Å². The fraction of sp³-hybridized carbons (Fsp3) is 0.762. The third-order valence-corrected chi connectivity index (χ3v) is 10.4. The maximum Gasteiger partial charge on any atom is 0.303 e. The molecule has 0 heterocycles. The van der Waals surface area contributed by atoms with Crippen molar-refractivity contribution in [3.8, 4) is 0 Å². The van der Waals surface area contributed by atoms with Crippen LogP contribution in [0.3, 0.4) is 0 Å². The fourth-order valence-electron chi connectivity index (χ4n) is 5.96. The summed E-state index contributed by atoms with van der Waals surface area (Å²) >= 11 is 0. The zero-order chi connectivity index (χ0) is 40.9. The van der Waals surface area contributed by atoms with Crippen LogP contribution in [0.5, 0.6) is 0 Å². The molecule has 302 valence electrons. The van der Waals surface area contributed by atoms with Crippen molar-refractivity contribution < 1.29 is 49.7 Å². The average Bonchev–Trinajstić information content (AvgIpc) is 2.98. The number of rotatable bonds is 13. The molecule has 0 aromatic heterocycles. The van der Waals surface area contributed by atoms with E-state index in [1.54, 1.807) is 0 Å². The van der Waals surface area contributed by atoms with Crippen LogP contribution < -0.4 is 0 Å². The van der Waals surface area contributed by atoms with Crippen molar-refractivity contribution in [3.05, 3.63) is 46.6 Å². The van der Waals surface area contributed by atoms with Crippen molar-refractivity contribution in [2.75, 3.05) is 39.6 Å². The van der Waals surface area contributed by atoms with Gasteiger partial charge in [0.1, 0.15) is 0 Å². The minimum Gasteiger partial charge on any atom is -0.481 e. The summed E-state index contributed by atoms with van der Waals surface area (Å²) in [7, 11) is 0. The van der Waals surface area contributed by atoms with Gasteiger partial charge in [0.05, 0.1) is 51.8 Å². The molecular formula is C42H74O10. The first-order chi connectivity index (χ1) is 23.5. The predicted molar refractivity (Wildman–Crippen MR) is 208 cm³/mol. The van der Waals surface area contributed by atoms with Crippen molar-refractivity contribution in [2.45, 2.75) is 135 Å². The molecule has 2 aliphatic rings. The van der Waals surface area contributed by atoms with Crippen LogP contribution in [0.25, 0.3) is 0 Å². The Labute approximate surface area is 314 Å². The molecule has 0 saturated heterocycles. The number of allylic oxidation sites excluding steroid dienone is 4. The summed E-state index contributed by atoms with van der Waals surface area (Å²) in [6.07, 6.45) is 8.32. The van der Waals surface area contributed by atoms with Gasteiger partial charge < -0.3 is 40.1 Å². The van der Waals surface area contributed by atoms with E-state index in [-0.39, 0.29) is 47.7 Å². The van der Waals surface area contributed by atoms with Crippen molar-refractivity contribution in [3.63, 3.8) is 0 Å². The molecule has 0 fully saturated rings. The molecule has 0 radical (unpaired) electrons. The maximum absolute atomic E-state index is 10.9. The standard InChI is InChI=1S/2C18H30O3.C6H14O4/c2*1-16(2,3)13-10-12(8-9-14(19)20)11-18(7,15(13)21)17(4,5)6;7-1-3-9-5-6-10-4-2-8/h2*10-11,15,21H,8-9H2,1-7H3,(H,19,20);7-8H,1-6H2. The van der Waals surface area contributed by atoms with E-state index in [2.05, 4.69) is 109 Å². The summed E-state index contributed by atoms with van der Waals surface area (Å²) in [5, 5.41) is 56.2. The maximum atomic E-state index is 10.9. The average molecular weight is 739 g/mol. The van der Waals surface area contributed by atoms with Crippen LogP contribution in [0.1, 0.15) is 123 Å². The van der Waals surface area contributed by atoms with E-state index in [1.807, 2.05) is 12.2 Å². The smallest absolute Gasteiger partial charge is 0.303 e. The van der Waals surface area contributed by atoms with Crippen LogP contribution in [0, 0.1) is 32.5 Å². The van der Waals surface area contributed by atoms with E-state index in [1.165, 1.54) is 0 Å². The summed E-state index contributed by atoms with van der Waals surface area (Å²) in [6, 6.07) is 0. The number of aliphatic hydroxyl groups excluding tert-OH is 4.